The van der Waals surface area contributed by atoms with Gasteiger partial charge in [0.1, 0.15) is 0 Å². The molecular weight excluding hydrogens is 307 g/mol. The van der Waals surface area contributed by atoms with E-state index in [9.17, 15) is 4.57 Å². The molecule has 0 aliphatic heterocycles. The third-order valence-corrected chi connectivity index (χ3v) is 4.60. The molecule has 0 aromatic rings. The van der Waals surface area contributed by atoms with Crippen molar-refractivity contribution in [3.63, 3.8) is 0 Å². The summed E-state index contributed by atoms with van der Waals surface area (Å²) in [6, 6.07) is 0. The molecule has 0 fully saturated rings. The maximum absolute atomic E-state index is 11.1. The minimum atomic E-state index is -4.15. The SMILES string of the molecule is CCCCCCCCCCCCCCCOP(=O)(OO)OO. The van der Waals surface area contributed by atoms with E-state index in [1.165, 1.54) is 64.2 Å². The van der Waals surface area contributed by atoms with Gasteiger partial charge < -0.3 is 0 Å². The fourth-order valence-electron chi connectivity index (χ4n) is 2.36. The topological polar surface area (TPSA) is 85.2 Å². The highest BCUT2D eigenvalue weighted by Crippen LogP contribution is 2.47. The first-order valence-electron chi connectivity index (χ1n) is 8.59. The van der Waals surface area contributed by atoms with E-state index in [2.05, 4.69) is 20.8 Å². The van der Waals surface area contributed by atoms with Crippen molar-refractivity contribution in [2.45, 2.75) is 90.4 Å². The zero-order valence-electron chi connectivity index (χ0n) is 13.9. The Balaban J connectivity index is 3.16. The molecule has 0 saturated heterocycles. The molecule has 0 aliphatic rings. The Morgan fingerprint density at radius 2 is 1.05 bits per heavy atom. The van der Waals surface area contributed by atoms with E-state index < -0.39 is 7.82 Å². The van der Waals surface area contributed by atoms with Crippen LogP contribution >= 0.6 is 7.82 Å². The number of hydrogen-bond acceptors (Lipinski definition) is 6. The van der Waals surface area contributed by atoms with Crippen molar-refractivity contribution in [3.05, 3.63) is 0 Å². The Morgan fingerprint density at radius 3 is 1.41 bits per heavy atom. The number of rotatable bonds is 17. The average Bonchev–Trinajstić information content (AvgIpc) is 2.55. The van der Waals surface area contributed by atoms with Crippen LogP contribution in [0.1, 0.15) is 90.4 Å². The molecule has 7 heteroatoms. The lowest BCUT2D eigenvalue weighted by Crippen LogP contribution is -1.97. The molecule has 6 nitrogen and oxygen atoms in total. The van der Waals surface area contributed by atoms with Crippen LogP contribution in [0.4, 0.5) is 0 Å². The summed E-state index contributed by atoms with van der Waals surface area (Å²) in [5.41, 5.74) is 0. The minimum Gasteiger partial charge on any atom is -0.284 e. The molecule has 2 N–H and O–H groups in total. The van der Waals surface area contributed by atoms with E-state index in [-0.39, 0.29) is 6.61 Å². The molecule has 0 amide bonds. The smallest absolute Gasteiger partial charge is 0.284 e. The second-order valence-electron chi connectivity index (χ2n) is 5.69. The van der Waals surface area contributed by atoms with Crippen molar-refractivity contribution in [2.75, 3.05) is 6.61 Å². The predicted molar refractivity (Wildman–Crippen MR) is 86.7 cm³/mol. The van der Waals surface area contributed by atoms with Crippen LogP contribution in [0.15, 0.2) is 0 Å². The van der Waals surface area contributed by atoms with Gasteiger partial charge in [-0.25, -0.2) is 15.1 Å². The van der Waals surface area contributed by atoms with Gasteiger partial charge in [0, 0.05) is 0 Å². The van der Waals surface area contributed by atoms with Crippen LogP contribution in [-0.4, -0.2) is 17.1 Å². The van der Waals surface area contributed by atoms with Crippen LogP contribution < -0.4 is 0 Å². The van der Waals surface area contributed by atoms with Gasteiger partial charge in [-0.3, -0.25) is 4.52 Å². The third kappa shape index (κ3) is 13.7. The van der Waals surface area contributed by atoms with Gasteiger partial charge in [0.2, 0.25) is 0 Å². The summed E-state index contributed by atoms with van der Waals surface area (Å²) < 4.78 is 22.7. The fourth-order valence-corrected chi connectivity index (χ4v) is 2.84. The number of phosphoric acid groups is 1. The normalized spacial score (nSPS) is 12.0. The molecule has 0 unspecified atom stereocenters. The highest BCUT2D eigenvalue weighted by molar-refractivity contribution is 7.48. The number of unbranched alkanes of at least 4 members (excludes halogenated alkanes) is 12. The standard InChI is InChI=1S/C15H33O6P/c1-2-3-4-5-6-7-8-9-10-11-12-13-14-15-19-22(18,20-16)21-17/h16-17H,2-15H2,1H3. The van der Waals surface area contributed by atoms with E-state index in [4.69, 9.17) is 10.5 Å². The van der Waals surface area contributed by atoms with Crippen LogP contribution in [-0.2, 0) is 18.4 Å². The molecule has 0 atom stereocenters. The zero-order chi connectivity index (χ0) is 16.5. The Hall–Kier alpha value is 0.0300. The monoisotopic (exact) mass is 340 g/mol. The van der Waals surface area contributed by atoms with Crippen molar-refractivity contribution in [1.29, 1.82) is 0 Å². The first-order chi connectivity index (χ1) is 10.7. The van der Waals surface area contributed by atoms with E-state index in [1.54, 1.807) is 0 Å². The average molecular weight is 340 g/mol. The van der Waals surface area contributed by atoms with Gasteiger partial charge in [0.05, 0.1) is 6.61 Å². The zero-order valence-corrected chi connectivity index (χ0v) is 14.8. The summed E-state index contributed by atoms with van der Waals surface area (Å²) >= 11 is 0. The first kappa shape index (κ1) is 22.0. The van der Waals surface area contributed by atoms with Gasteiger partial charge in [-0.15, -0.1) is 9.35 Å². The maximum Gasteiger partial charge on any atom is 0.529 e. The van der Waals surface area contributed by atoms with Crippen LogP contribution in [0.5, 0.6) is 0 Å². The molecule has 0 rings (SSSR count). The van der Waals surface area contributed by atoms with E-state index >= 15 is 0 Å². The Bertz CT molecular complexity index is 267. The largest absolute Gasteiger partial charge is 0.529 e. The van der Waals surface area contributed by atoms with Gasteiger partial charge in [-0.05, 0) is 6.42 Å². The van der Waals surface area contributed by atoms with E-state index in [0.717, 1.165) is 12.8 Å². The Morgan fingerprint density at radius 1 is 0.682 bits per heavy atom. The third-order valence-electron chi connectivity index (χ3n) is 3.70. The molecule has 0 bridgehead atoms. The lowest BCUT2D eigenvalue weighted by atomic mass is 10.0. The second-order valence-corrected chi connectivity index (χ2v) is 7.17. The molecule has 0 heterocycles. The lowest BCUT2D eigenvalue weighted by Gasteiger charge is -2.09. The summed E-state index contributed by atoms with van der Waals surface area (Å²) in [7, 11) is -4.15. The number of hydrogen-bond donors (Lipinski definition) is 2. The lowest BCUT2D eigenvalue weighted by molar-refractivity contribution is -0.228. The van der Waals surface area contributed by atoms with Crippen LogP contribution in [0.2, 0.25) is 0 Å². The molecule has 0 aliphatic carbocycles. The summed E-state index contributed by atoms with van der Waals surface area (Å²) in [6.07, 6.45) is 16.0. The molecule has 0 aromatic carbocycles. The van der Waals surface area contributed by atoms with Gasteiger partial charge in [-0.2, -0.15) is 0 Å². The highest BCUT2D eigenvalue weighted by atomic mass is 31.2. The van der Waals surface area contributed by atoms with Gasteiger partial charge in [0.15, 0.2) is 0 Å². The van der Waals surface area contributed by atoms with Crippen molar-refractivity contribution in [3.8, 4) is 0 Å². The van der Waals surface area contributed by atoms with Crippen molar-refractivity contribution in [2.24, 2.45) is 0 Å². The molecule has 22 heavy (non-hydrogen) atoms. The second kappa shape index (κ2) is 15.9. The van der Waals surface area contributed by atoms with Gasteiger partial charge in [0.25, 0.3) is 0 Å². The maximum atomic E-state index is 11.1. The van der Waals surface area contributed by atoms with E-state index in [1.807, 2.05) is 0 Å². The highest BCUT2D eigenvalue weighted by Gasteiger charge is 2.26. The quantitative estimate of drug-likeness (QED) is 0.142. The molecule has 134 valence electrons. The van der Waals surface area contributed by atoms with Crippen LogP contribution in [0, 0.1) is 0 Å². The summed E-state index contributed by atoms with van der Waals surface area (Å²) in [6.45, 7) is 2.36. The van der Waals surface area contributed by atoms with Crippen molar-refractivity contribution in [1.82, 2.24) is 0 Å². The first-order valence-corrected chi connectivity index (χ1v) is 10.1. The predicted octanol–water partition coefficient (Wildman–Crippen LogP) is 6.18. The summed E-state index contributed by atoms with van der Waals surface area (Å²) in [5, 5.41) is 16.4. The fraction of sp³-hybridized carbons (Fsp3) is 1.00. The molecular formula is C15H33O6P. The van der Waals surface area contributed by atoms with Gasteiger partial charge >= 0.3 is 7.82 Å². The van der Waals surface area contributed by atoms with Crippen molar-refractivity contribution < 1.29 is 29.0 Å². The van der Waals surface area contributed by atoms with Gasteiger partial charge in [-0.1, -0.05) is 84.0 Å². The van der Waals surface area contributed by atoms with Crippen LogP contribution in [0.25, 0.3) is 0 Å². The van der Waals surface area contributed by atoms with Crippen LogP contribution in [0.3, 0.4) is 0 Å². The molecule has 0 radical (unpaired) electrons. The molecule has 0 aromatic heterocycles. The van der Waals surface area contributed by atoms with E-state index in [0.29, 0.717) is 6.42 Å². The Kier molecular flexibility index (Phi) is 15.9. The summed E-state index contributed by atoms with van der Waals surface area (Å²) in [5.74, 6) is 0. The summed E-state index contributed by atoms with van der Waals surface area (Å²) in [4.78, 5) is 0. The molecule has 0 spiro atoms. The van der Waals surface area contributed by atoms with Crippen molar-refractivity contribution >= 4 is 7.82 Å². The Labute approximate surface area is 134 Å². The minimum absolute atomic E-state index is 0.121. The molecule has 0 saturated carbocycles.